The van der Waals surface area contributed by atoms with Gasteiger partial charge in [0.2, 0.25) is 5.91 Å². The lowest BCUT2D eigenvalue weighted by molar-refractivity contribution is -0.123. The summed E-state index contributed by atoms with van der Waals surface area (Å²) in [4.78, 5) is 11.7. The lowest BCUT2D eigenvalue weighted by Gasteiger charge is -2.16. The molecule has 0 aliphatic carbocycles. The number of carbonyl (C=O) groups excluding carboxylic acids is 1. The van der Waals surface area contributed by atoms with Crippen molar-refractivity contribution in [3.63, 3.8) is 0 Å². The Labute approximate surface area is 143 Å². The van der Waals surface area contributed by atoms with Crippen molar-refractivity contribution in [1.29, 1.82) is 0 Å². The van der Waals surface area contributed by atoms with E-state index < -0.39 is 6.10 Å². The molecular formula is C16H27ClN2O4. The van der Waals surface area contributed by atoms with Crippen LogP contribution in [0.4, 0.5) is 0 Å². The lowest BCUT2D eigenvalue weighted by Crippen LogP contribution is -2.34. The zero-order valence-corrected chi connectivity index (χ0v) is 14.6. The molecule has 1 aromatic rings. The molecule has 2 atom stereocenters. The number of halogens is 1. The van der Waals surface area contributed by atoms with Crippen molar-refractivity contribution in [2.45, 2.75) is 38.6 Å². The third-order valence-electron chi connectivity index (χ3n) is 3.14. The normalized spacial score (nSPS) is 13.1. The fraction of sp³-hybridized carbons (Fsp3) is 0.562. The smallest absolute Gasteiger partial charge is 0.222 e. The minimum absolute atomic E-state index is 0. The molecular weight excluding hydrogens is 320 g/mol. The van der Waals surface area contributed by atoms with Crippen molar-refractivity contribution in [2.75, 3.05) is 20.2 Å². The van der Waals surface area contributed by atoms with E-state index in [1.54, 1.807) is 24.3 Å². The molecule has 0 bridgehead atoms. The SMILES string of the molecule is COC(CN)CC(=O)NCC(O)c1ccc(OC(C)C)cc1.Cl. The van der Waals surface area contributed by atoms with Crippen molar-refractivity contribution < 1.29 is 19.4 Å². The third kappa shape index (κ3) is 8.18. The monoisotopic (exact) mass is 346 g/mol. The molecule has 0 heterocycles. The Kier molecular flexibility index (Phi) is 10.6. The second-order valence-electron chi connectivity index (χ2n) is 5.35. The highest BCUT2D eigenvalue weighted by Crippen LogP contribution is 2.18. The number of ether oxygens (including phenoxy) is 2. The van der Waals surface area contributed by atoms with Gasteiger partial charge in [-0.2, -0.15) is 0 Å². The van der Waals surface area contributed by atoms with Crippen LogP contribution in [0.15, 0.2) is 24.3 Å². The van der Waals surface area contributed by atoms with Gasteiger partial charge in [-0.1, -0.05) is 12.1 Å². The first kappa shape index (κ1) is 21.7. The quantitative estimate of drug-likeness (QED) is 0.628. The fourth-order valence-electron chi connectivity index (χ4n) is 1.91. The molecule has 0 saturated heterocycles. The lowest BCUT2D eigenvalue weighted by atomic mass is 10.1. The van der Waals surface area contributed by atoms with Gasteiger partial charge in [-0.3, -0.25) is 4.79 Å². The topological polar surface area (TPSA) is 93.8 Å². The van der Waals surface area contributed by atoms with Crippen LogP contribution in [-0.2, 0) is 9.53 Å². The van der Waals surface area contributed by atoms with E-state index in [1.165, 1.54) is 7.11 Å². The van der Waals surface area contributed by atoms with E-state index in [0.717, 1.165) is 11.3 Å². The number of methoxy groups -OCH3 is 1. The molecule has 0 saturated carbocycles. The molecule has 4 N–H and O–H groups in total. The summed E-state index contributed by atoms with van der Waals surface area (Å²) in [5, 5.41) is 12.8. The van der Waals surface area contributed by atoms with Crippen molar-refractivity contribution in [3.8, 4) is 5.75 Å². The van der Waals surface area contributed by atoms with Crippen molar-refractivity contribution in [3.05, 3.63) is 29.8 Å². The second kappa shape index (κ2) is 11.2. The second-order valence-corrected chi connectivity index (χ2v) is 5.35. The molecule has 0 fully saturated rings. The highest BCUT2D eigenvalue weighted by molar-refractivity contribution is 5.85. The van der Waals surface area contributed by atoms with Gasteiger partial charge in [0.1, 0.15) is 5.75 Å². The fourth-order valence-corrected chi connectivity index (χ4v) is 1.91. The predicted molar refractivity (Wildman–Crippen MR) is 91.9 cm³/mol. The molecule has 6 nitrogen and oxygen atoms in total. The molecule has 1 aromatic carbocycles. The highest BCUT2D eigenvalue weighted by atomic mass is 35.5. The van der Waals surface area contributed by atoms with Gasteiger partial charge in [0, 0.05) is 20.2 Å². The summed E-state index contributed by atoms with van der Waals surface area (Å²) in [5.74, 6) is 0.553. The number of hydrogen-bond donors (Lipinski definition) is 3. The van der Waals surface area contributed by atoms with E-state index in [1.807, 2.05) is 13.8 Å². The molecule has 1 rings (SSSR count). The van der Waals surface area contributed by atoms with Gasteiger partial charge in [-0.15, -0.1) is 12.4 Å². The van der Waals surface area contributed by atoms with E-state index >= 15 is 0 Å². The van der Waals surface area contributed by atoms with Crippen molar-refractivity contribution in [1.82, 2.24) is 5.32 Å². The van der Waals surface area contributed by atoms with Crippen LogP contribution in [0.3, 0.4) is 0 Å². The molecule has 0 aliphatic heterocycles. The van der Waals surface area contributed by atoms with Crippen LogP contribution < -0.4 is 15.8 Å². The van der Waals surface area contributed by atoms with Gasteiger partial charge in [0.15, 0.2) is 0 Å². The van der Waals surface area contributed by atoms with Crippen LogP contribution in [-0.4, -0.2) is 43.4 Å². The Morgan fingerprint density at radius 3 is 2.39 bits per heavy atom. The minimum atomic E-state index is -0.768. The molecule has 1 amide bonds. The minimum Gasteiger partial charge on any atom is -0.491 e. The van der Waals surface area contributed by atoms with Crippen LogP contribution in [0.5, 0.6) is 5.75 Å². The Morgan fingerprint density at radius 2 is 1.91 bits per heavy atom. The van der Waals surface area contributed by atoms with Crippen LogP contribution in [0.25, 0.3) is 0 Å². The van der Waals surface area contributed by atoms with Gasteiger partial charge in [0.05, 0.1) is 24.7 Å². The number of benzene rings is 1. The molecule has 0 radical (unpaired) electrons. The van der Waals surface area contributed by atoms with E-state index in [-0.39, 0.29) is 50.0 Å². The number of nitrogens with two attached hydrogens (primary N) is 1. The molecule has 2 unspecified atom stereocenters. The third-order valence-corrected chi connectivity index (χ3v) is 3.14. The number of amides is 1. The first-order chi connectivity index (χ1) is 10.5. The van der Waals surface area contributed by atoms with Gasteiger partial charge in [0.25, 0.3) is 0 Å². The first-order valence-electron chi connectivity index (χ1n) is 7.40. The summed E-state index contributed by atoms with van der Waals surface area (Å²) in [5.41, 5.74) is 6.18. The van der Waals surface area contributed by atoms with Crippen LogP contribution in [0.1, 0.15) is 31.9 Å². The zero-order valence-electron chi connectivity index (χ0n) is 13.8. The summed E-state index contributed by atoms with van der Waals surface area (Å²) in [6, 6.07) is 7.17. The molecule has 7 heteroatoms. The van der Waals surface area contributed by atoms with E-state index in [2.05, 4.69) is 5.32 Å². The maximum absolute atomic E-state index is 11.7. The molecule has 23 heavy (non-hydrogen) atoms. The van der Waals surface area contributed by atoms with Crippen molar-refractivity contribution >= 4 is 18.3 Å². The summed E-state index contributed by atoms with van der Waals surface area (Å²) in [6.45, 7) is 4.33. The number of rotatable bonds is 9. The van der Waals surface area contributed by atoms with Gasteiger partial charge in [-0.25, -0.2) is 0 Å². The molecule has 0 spiro atoms. The van der Waals surface area contributed by atoms with E-state index in [9.17, 15) is 9.90 Å². The number of aliphatic hydroxyl groups excluding tert-OH is 1. The van der Waals surface area contributed by atoms with Crippen LogP contribution >= 0.6 is 12.4 Å². The average Bonchev–Trinajstić information content (AvgIpc) is 2.50. The largest absolute Gasteiger partial charge is 0.491 e. The number of hydrogen-bond acceptors (Lipinski definition) is 5. The van der Waals surface area contributed by atoms with Crippen molar-refractivity contribution in [2.24, 2.45) is 5.73 Å². The number of carbonyl (C=O) groups is 1. The summed E-state index contributed by atoms with van der Waals surface area (Å²) < 4.78 is 10.6. The Morgan fingerprint density at radius 1 is 1.30 bits per heavy atom. The van der Waals surface area contributed by atoms with Gasteiger partial charge in [-0.05, 0) is 31.5 Å². The van der Waals surface area contributed by atoms with E-state index in [4.69, 9.17) is 15.2 Å². The Balaban J connectivity index is 0.00000484. The predicted octanol–water partition coefficient (Wildman–Crippen LogP) is 1.41. The maximum atomic E-state index is 11.7. The first-order valence-corrected chi connectivity index (χ1v) is 7.40. The van der Waals surface area contributed by atoms with E-state index in [0.29, 0.717) is 0 Å². The zero-order chi connectivity index (χ0) is 16.5. The summed E-state index contributed by atoms with van der Waals surface area (Å²) in [7, 11) is 1.51. The Hall–Kier alpha value is -1.34. The molecule has 0 aliphatic rings. The molecule has 132 valence electrons. The van der Waals surface area contributed by atoms with Crippen LogP contribution in [0, 0.1) is 0 Å². The van der Waals surface area contributed by atoms with Gasteiger partial charge >= 0.3 is 0 Å². The van der Waals surface area contributed by atoms with Gasteiger partial charge < -0.3 is 25.6 Å². The average molecular weight is 347 g/mol. The Bertz CT molecular complexity index is 450. The standard InChI is InChI=1S/C16H26N2O4.ClH/c1-11(2)22-13-6-4-12(5-7-13)15(19)10-18-16(20)8-14(9-17)21-3;/h4-7,11,14-15,19H,8-10,17H2,1-3H3,(H,18,20);1H. The van der Waals surface area contributed by atoms with Crippen LogP contribution in [0.2, 0.25) is 0 Å². The summed E-state index contributed by atoms with van der Waals surface area (Å²) >= 11 is 0. The number of nitrogens with one attached hydrogen (secondary N) is 1. The number of aliphatic hydroxyl groups is 1. The summed E-state index contributed by atoms with van der Waals surface area (Å²) in [6.07, 6.45) is -0.784. The highest BCUT2D eigenvalue weighted by Gasteiger charge is 2.13. The molecule has 0 aromatic heterocycles. The maximum Gasteiger partial charge on any atom is 0.222 e.